The standard InChI is InChI=1S/C81H131N15O32S2/c1-57(97)84-66-69(102)72(105)79(54-123-75(66)126-79)51-117-38-35-114-32-29-111-26-23-108-20-17-94-42-60(88-91-94)45-120-48-78(87-64(101)13-6-4-9-15-82-63(100)12-7-5-11-41-129-130-65-14-8-10-16-83-65,49-121-46-61-43-95(92-89-61)18-21-109-24-27-112-30-33-115-36-39-118-52-80-55-124-76(127-80)67(85-58(2)98)70(103)73(80)106)50-122-47-62-44-96(93-90-62)19-22-110-25-28-113-31-34-116-37-40-119-53-81-56-125-77(128-81)68(86-59(3)99)71(104)74(81)107/h8,10,14,16,42-44,66-77,102-107H,4-7,9,11-13,15,17-41,45-56H2,1-3H3,(H,82,100)(H,84,97)(H,85,98)(H,86,99)(H,87,101)/t66-,67-,68-,69-,70-,71-,72-,73-,74-,75+,76+,77+,79+,80+,81+/m1/s1. The molecule has 6 fully saturated rings. The van der Waals surface area contributed by atoms with Crippen LogP contribution in [0.2, 0.25) is 0 Å². The van der Waals surface area contributed by atoms with Gasteiger partial charge in [0, 0.05) is 52.1 Å². The Balaban J connectivity index is 0.651. The van der Waals surface area contributed by atoms with Crippen LogP contribution in [0.4, 0.5) is 0 Å². The summed E-state index contributed by atoms with van der Waals surface area (Å²) in [6, 6.07) is 3.10. The van der Waals surface area contributed by atoms with Crippen LogP contribution >= 0.6 is 21.6 Å². The number of hydrogen-bond acceptors (Lipinski definition) is 41. The van der Waals surface area contributed by atoms with Crippen molar-refractivity contribution in [2.24, 2.45) is 0 Å². The summed E-state index contributed by atoms with van der Waals surface area (Å²) in [5, 5.41) is 105. The number of aliphatic hydroxyl groups excluding tert-OH is 6. The molecule has 0 aromatic carbocycles. The van der Waals surface area contributed by atoms with E-state index in [1.807, 2.05) is 18.2 Å². The van der Waals surface area contributed by atoms with Gasteiger partial charge in [0.05, 0.1) is 256 Å². The van der Waals surface area contributed by atoms with Crippen molar-refractivity contribution >= 4 is 51.1 Å². The molecule has 0 spiro atoms. The summed E-state index contributed by atoms with van der Waals surface area (Å²) in [6.07, 6.45) is 1.44. The number of aromatic nitrogens is 10. The lowest BCUT2D eigenvalue weighted by Gasteiger charge is -2.42. The largest absolute Gasteiger partial charge is 0.388 e. The molecule has 6 bridgehead atoms. The van der Waals surface area contributed by atoms with E-state index in [4.69, 9.17) is 99.5 Å². The topological polar surface area (TPSA) is 566 Å². The molecule has 6 aliphatic heterocycles. The van der Waals surface area contributed by atoms with Crippen molar-refractivity contribution in [2.45, 2.75) is 213 Å². The van der Waals surface area contributed by atoms with Crippen molar-refractivity contribution in [1.82, 2.24) is 76.5 Å². The normalized spacial score (nSPS) is 25.1. The Kier molecular flexibility index (Phi) is 46.6. The van der Waals surface area contributed by atoms with Crippen molar-refractivity contribution in [3.05, 3.63) is 60.1 Å². The average molecular weight is 1890 g/mol. The number of nitrogens with zero attached hydrogens (tertiary/aromatic N) is 10. The fourth-order valence-electron chi connectivity index (χ4n) is 14.6. The first-order valence-corrected chi connectivity index (χ1v) is 46.4. The van der Waals surface area contributed by atoms with Crippen LogP contribution in [0.15, 0.2) is 48.0 Å². The predicted molar refractivity (Wildman–Crippen MR) is 452 cm³/mol. The maximum atomic E-state index is 14.3. The number of unbranched alkanes of at least 4 members (excludes halogenated alkanes) is 4. The van der Waals surface area contributed by atoms with E-state index in [0.29, 0.717) is 148 Å². The summed E-state index contributed by atoms with van der Waals surface area (Å²) in [5.74, 6) is -0.509. The third-order valence-electron chi connectivity index (χ3n) is 21.4. The van der Waals surface area contributed by atoms with Gasteiger partial charge >= 0.3 is 0 Å². The van der Waals surface area contributed by atoms with Crippen molar-refractivity contribution in [1.29, 1.82) is 0 Å². The Morgan fingerprint density at radius 1 is 0.431 bits per heavy atom. The quantitative estimate of drug-likeness (QED) is 0.0152. The summed E-state index contributed by atoms with van der Waals surface area (Å²) in [4.78, 5) is 66.2. The number of fused-ring (bicyclic) bond motifs is 6. The second-order valence-corrected chi connectivity index (χ2v) is 34.4. The van der Waals surface area contributed by atoms with E-state index in [1.165, 1.54) is 20.8 Å². The molecule has 6 saturated heterocycles. The molecule has 47 nitrogen and oxygen atoms in total. The highest BCUT2D eigenvalue weighted by Crippen LogP contribution is 2.40. The van der Waals surface area contributed by atoms with Crippen LogP contribution in [0, 0.1) is 0 Å². The summed E-state index contributed by atoms with van der Waals surface area (Å²) in [7, 11) is 3.40. The van der Waals surface area contributed by atoms with Gasteiger partial charge in [0.1, 0.15) is 99.2 Å². The first-order chi connectivity index (χ1) is 63.2. The van der Waals surface area contributed by atoms with Crippen LogP contribution in [0.25, 0.3) is 0 Å². The average Bonchev–Trinajstić information content (AvgIpc) is 1.31. The molecule has 0 aliphatic carbocycles. The van der Waals surface area contributed by atoms with Crippen LogP contribution < -0.4 is 26.6 Å². The molecule has 6 aliphatic rings. The van der Waals surface area contributed by atoms with Gasteiger partial charge in [0.15, 0.2) is 18.9 Å². The van der Waals surface area contributed by atoms with Crippen molar-refractivity contribution in [3.8, 4) is 0 Å². The second-order valence-electron chi connectivity index (χ2n) is 32.0. The maximum Gasteiger partial charge on any atom is 0.220 e. The van der Waals surface area contributed by atoms with Gasteiger partial charge in [0.25, 0.3) is 0 Å². The molecule has 4 aromatic rings. The summed E-state index contributed by atoms with van der Waals surface area (Å²) < 4.78 is 127. The molecular weight excluding hydrogens is 1760 g/mol. The zero-order valence-electron chi connectivity index (χ0n) is 74.1. The molecule has 49 heteroatoms. The van der Waals surface area contributed by atoms with Gasteiger partial charge in [-0.3, -0.25) is 24.0 Å². The number of aliphatic hydroxyl groups is 6. The van der Waals surface area contributed by atoms with E-state index in [1.54, 1.807) is 60.4 Å². The molecule has 0 radical (unpaired) electrons. The Bertz CT molecular complexity index is 3580. The molecule has 734 valence electrons. The molecule has 10 heterocycles. The molecule has 130 heavy (non-hydrogen) atoms. The number of rotatable bonds is 72. The zero-order valence-corrected chi connectivity index (χ0v) is 75.7. The lowest BCUT2D eigenvalue weighted by atomic mass is 9.88. The SMILES string of the molecule is CC(=O)N[C@H]1[C@H]2OC[C@](COCCOCCOCCOCCn3cc(COCC(COCc4cn(CCOCCOCCOCCOC[C@@]56CO[C@@H](O5)[C@H](NC(C)=O)[C@@H](O)[C@H]6O)nn4)(COCc4cn(CCOCCOCCOCCOC[C@@]56CO[C@@H](O5)[C@H](NC(C)=O)[C@@H](O)[C@H]6O)nn4)NC(=O)CCCCCNC(=O)CCCCCSSc4ccccn4)nn3)(O2)[C@H](O)[C@@H]1O. The van der Waals surface area contributed by atoms with E-state index in [9.17, 15) is 54.6 Å². The van der Waals surface area contributed by atoms with Crippen LogP contribution in [-0.4, -0.2) is 417 Å². The maximum absolute atomic E-state index is 14.3. The van der Waals surface area contributed by atoms with Gasteiger partial charge < -0.3 is 157 Å². The highest BCUT2D eigenvalue weighted by molar-refractivity contribution is 8.76. The van der Waals surface area contributed by atoms with Gasteiger partial charge in [-0.05, 0) is 48.6 Å². The third kappa shape index (κ3) is 35.3. The highest BCUT2D eigenvalue weighted by atomic mass is 33.1. The van der Waals surface area contributed by atoms with Crippen molar-refractivity contribution < 1.29 is 154 Å². The molecule has 0 unspecified atom stereocenters. The number of nitrogens with one attached hydrogen (secondary N) is 5. The number of carbonyl (C=O) groups is 5. The van der Waals surface area contributed by atoms with Crippen LogP contribution in [0.1, 0.15) is 89.2 Å². The molecule has 15 atom stereocenters. The molecule has 10 rings (SSSR count). The third-order valence-corrected chi connectivity index (χ3v) is 23.7. The van der Waals surface area contributed by atoms with Gasteiger partial charge in [-0.1, -0.05) is 45.3 Å². The fraction of sp³-hybridized carbons (Fsp3) is 0.802. The minimum atomic E-state index is -1.35. The molecule has 5 amide bonds. The lowest BCUT2D eigenvalue weighted by Crippen LogP contribution is -2.66. The van der Waals surface area contributed by atoms with E-state index in [-0.39, 0.29) is 157 Å². The number of amides is 5. The Labute approximate surface area is 761 Å². The number of pyridine rings is 1. The molecule has 4 aromatic heterocycles. The van der Waals surface area contributed by atoms with Gasteiger partial charge in [-0.15, -0.1) is 15.3 Å². The summed E-state index contributed by atoms with van der Waals surface area (Å²) in [5.41, 5.74) is -3.65. The van der Waals surface area contributed by atoms with E-state index < -0.39 is 114 Å². The smallest absolute Gasteiger partial charge is 0.220 e. The number of carbonyl (C=O) groups excluding carboxylic acids is 5. The highest BCUT2D eigenvalue weighted by Gasteiger charge is 2.62. The predicted octanol–water partition coefficient (Wildman–Crippen LogP) is -3.41. The molecule has 11 N–H and O–H groups in total. The minimum absolute atomic E-state index is 0.00290. The monoisotopic (exact) mass is 1890 g/mol. The first kappa shape index (κ1) is 106. The Morgan fingerprint density at radius 3 is 1.12 bits per heavy atom. The van der Waals surface area contributed by atoms with Crippen molar-refractivity contribution in [3.63, 3.8) is 0 Å². The minimum Gasteiger partial charge on any atom is -0.388 e. The first-order valence-electron chi connectivity index (χ1n) is 44.0. The van der Waals surface area contributed by atoms with Crippen LogP contribution in [0.3, 0.4) is 0 Å². The molecule has 0 saturated carbocycles. The van der Waals surface area contributed by atoms with Gasteiger partial charge in [0.2, 0.25) is 29.5 Å². The Morgan fingerprint density at radius 2 is 0.769 bits per heavy atom. The van der Waals surface area contributed by atoms with E-state index in [2.05, 4.69) is 62.5 Å². The van der Waals surface area contributed by atoms with Gasteiger partial charge in [-0.2, -0.15) is 0 Å². The fourth-order valence-corrected chi connectivity index (χ4v) is 16.6. The van der Waals surface area contributed by atoms with Crippen molar-refractivity contribution in [2.75, 3.05) is 211 Å². The number of hydrogen-bond donors (Lipinski definition) is 11. The van der Waals surface area contributed by atoms with E-state index >= 15 is 0 Å². The molecular formula is C81H131N15O32S2. The van der Waals surface area contributed by atoms with Gasteiger partial charge in [-0.25, -0.2) is 19.0 Å². The Hall–Kier alpha value is -6.46. The number of ether oxygens (including phenoxy) is 21. The van der Waals surface area contributed by atoms with E-state index in [0.717, 1.165) is 30.0 Å². The van der Waals surface area contributed by atoms with Crippen LogP contribution in [0.5, 0.6) is 0 Å². The zero-order chi connectivity index (χ0) is 92.1. The summed E-state index contributed by atoms with van der Waals surface area (Å²) >= 11 is 0. The lowest BCUT2D eigenvalue weighted by molar-refractivity contribution is -0.238. The summed E-state index contributed by atoms with van der Waals surface area (Å²) in [6.45, 7) is 10.6. The second kappa shape index (κ2) is 57.4. The van der Waals surface area contributed by atoms with Crippen LogP contribution in [-0.2, 0) is 163 Å².